The Balaban J connectivity index is 1.73. The Labute approximate surface area is 147 Å². The number of nitrogens with zero attached hydrogens (tertiary/aromatic N) is 1. The van der Waals surface area contributed by atoms with Crippen molar-refractivity contribution in [1.82, 2.24) is 0 Å². The fraction of sp³-hybridized carbons (Fsp3) is 0.500. The van der Waals surface area contributed by atoms with Crippen LogP contribution in [0.5, 0.6) is 0 Å². The van der Waals surface area contributed by atoms with E-state index in [1.807, 2.05) is 0 Å². The maximum atomic E-state index is 12.9. The number of quaternary nitrogens is 2. The lowest BCUT2D eigenvalue weighted by Gasteiger charge is -2.22. The molecule has 1 aromatic rings. The van der Waals surface area contributed by atoms with Crippen LogP contribution in [0.4, 0.5) is 11.4 Å². The number of nitrogens with one attached hydrogen (secondary N) is 3. The Bertz CT molecular complexity index is 673. The summed E-state index contributed by atoms with van der Waals surface area (Å²) in [6.45, 7) is 5.45. The van der Waals surface area contributed by atoms with Crippen molar-refractivity contribution in [1.29, 1.82) is 0 Å². The molecule has 2 aliphatic heterocycles. The number of amides is 3. The molecule has 3 amide bonds. The van der Waals surface area contributed by atoms with Gasteiger partial charge in [-0.05, 0) is 24.3 Å². The third kappa shape index (κ3) is 3.88. The van der Waals surface area contributed by atoms with Gasteiger partial charge < -0.3 is 15.1 Å². The van der Waals surface area contributed by atoms with E-state index >= 15 is 0 Å². The molecule has 3 rings (SSSR count). The zero-order valence-corrected chi connectivity index (χ0v) is 14.8. The summed E-state index contributed by atoms with van der Waals surface area (Å²) in [7, 11) is 2.17. The predicted molar refractivity (Wildman–Crippen MR) is 93.6 cm³/mol. The van der Waals surface area contributed by atoms with E-state index in [0.29, 0.717) is 11.4 Å². The molecule has 2 unspecified atom stereocenters. The molecule has 2 fully saturated rings. The van der Waals surface area contributed by atoms with Crippen LogP contribution in [0.2, 0.25) is 0 Å². The summed E-state index contributed by atoms with van der Waals surface area (Å²) in [5, 5.41) is 2.68. The Hall–Kier alpha value is -2.25. The molecule has 2 aliphatic rings. The van der Waals surface area contributed by atoms with Crippen molar-refractivity contribution in [3.8, 4) is 0 Å². The number of carbonyl (C=O) groups is 3. The highest BCUT2D eigenvalue weighted by Crippen LogP contribution is 2.23. The van der Waals surface area contributed by atoms with Gasteiger partial charge in [0.2, 0.25) is 11.8 Å². The van der Waals surface area contributed by atoms with Gasteiger partial charge in [0.25, 0.3) is 5.91 Å². The quantitative estimate of drug-likeness (QED) is 0.559. The first-order valence-corrected chi connectivity index (χ1v) is 8.86. The molecule has 7 nitrogen and oxygen atoms in total. The molecule has 0 spiro atoms. The van der Waals surface area contributed by atoms with Crippen LogP contribution in [-0.2, 0) is 14.4 Å². The first-order valence-electron chi connectivity index (χ1n) is 8.86. The summed E-state index contributed by atoms with van der Waals surface area (Å²) in [5.41, 5.74) is 1.22. The zero-order valence-electron chi connectivity index (χ0n) is 14.8. The number of hydrogen-bond acceptors (Lipinski definition) is 3. The van der Waals surface area contributed by atoms with E-state index in [4.69, 9.17) is 0 Å². The second kappa shape index (κ2) is 7.33. The molecule has 2 saturated heterocycles. The van der Waals surface area contributed by atoms with Crippen molar-refractivity contribution in [2.45, 2.75) is 25.8 Å². The van der Waals surface area contributed by atoms with Crippen LogP contribution in [0, 0.1) is 0 Å². The highest BCUT2D eigenvalue weighted by atomic mass is 16.2. The van der Waals surface area contributed by atoms with E-state index in [1.54, 1.807) is 24.3 Å². The van der Waals surface area contributed by atoms with Gasteiger partial charge in [-0.3, -0.25) is 14.4 Å². The number of rotatable bonds is 3. The third-order valence-corrected chi connectivity index (χ3v) is 5.06. The van der Waals surface area contributed by atoms with Crippen LogP contribution in [-0.4, -0.2) is 57.0 Å². The molecule has 134 valence electrons. The van der Waals surface area contributed by atoms with Crippen LogP contribution >= 0.6 is 0 Å². The van der Waals surface area contributed by atoms with E-state index in [0.717, 1.165) is 32.6 Å². The van der Waals surface area contributed by atoms with Crippen LogP contribution in [0.1, 0.15) is 19.8 Å². The first-order chi connectivity index (χ1) is 12.0. The molecule has 0 bridgehead atoms. The molecule has 25 heavy (non-hydrogen) atoms. The van der Waals surface area contributed by atoms with Gasteiger partial charge >= 0.3 is 0 Å². The number of hydrogen-bond donors (Lipinski definition) is 3. The monoisotopic (exact) mass is 346 g/mol. The summed E-state index contributed by atoms with van der Waals surface area (Å²) >= 11 is 0. The molecule has 2 heterocycles. The molecule has 3 N–H and O–H groups in total. The minimum Gasteiger partial charge on any atom is -0.333 e. The fourth-order valence-corrected chi connectivity index (χ4v) is 3.71. The highest BCUT2D eigenvalue weighted by Gasteiger charge is 2.46. The highest BCUT2D eigenvalue weighted by molar-refractivity contribution is 6.21. The van der Waals surface area contributed by atoms with Gasteiger partial charge in [-0.1, -0.05) is 0 Å². The first kappa shape index (κ1) is 17.6. The summed E-state index contributed by atoms with van der Waals surface area (Å²) in [5.74, 6) is -0.399. The van der Waals surface area contributed by atoms with E-state index in [-0.39, 0.29) is 30.2 Å². The number of anilines is 2. The lowest BCUT2D eigenvalue weighted by atomic mass is 10.2. The Kier molecular flexibility index (Phi) is 5.15. The molecule has 0 radical (unpaired) electrons. The van der Waals surface area contributed by atoms with Gasteiger partial charge in [0.15, 0.2) is 6.04 Å². The second-order valence-electron chi connectivity index (χ2n) is 7.02. The van der Waals surface area contributed by atoms with Crippen LogP contribution < -0.4 is 20.0 Å². The summed E-state index contributed by atoms with van der Waals surface area (Å²) < 4.78 is 0. The molecule has 0 aliphatic carbocycles. The van der Waals surface area contributed by atoms with Crippen molar-refractivity contribution in [2.24, 2.45) is 0 Å². The van der Waals surface area contributed by atoms with Gasteiger partial charge in [0.1, 0.15) is 13.1 Å². The molecule has 7 heteroatoms. The maximum Gasteiger partial charge on any atom is 0.292 e. The van der Waals surface area contributed by atoms with Gasteiger partial charge in [-0.15, -0.1) is 0 Å². The van der Waals surface area contributed by atoms with Crippen molar-refractivity contribution >= 4 is 29.1 Å². The van der Waals surface area contributed by atoms with Gasteiger partial charge in [0, 0.05) is 19.0 Å². The minimum atomic E-state index is -0.270. The summed E-state index contributed by atoms with van der Waals surface area (Å²) in [4.78, 5) is 40.5. The van der Waals surface area contributed by atoms with Crippen molar-refractivity contribution in [2.75, 3.05) is 43.4 Å². The Morgan fingerprint density at radius 2 is 1.84 bits per heavy atom. The topological polar surface area (TPSA) is 75.4 Å². The van der Waals surface area contributed by atoms with Crippen molar-refractivity contribution < 1.29 is 24.2 Å². The lowest BCUT2D eigenvalue weighted by Crippen LogP contribution is -3.19. The van der Waals surface area contributed by atoms with Crippen molar-refractivity contribution in [3.63, 3.8) is 0 Å². The fourth-order valence-electron chi connectivity index (χ4n) is 3.71. The SMILES string of the molecule is CC(=O)Nc1ccc(N2C(=O)C[C@@H]([NH+]3CCC[NH+](C)CC3)C2=O)cc1. The van der Waals surface area contributed by atoms with Crippen LogP contribution in [0.3, 0.4) is 0 Å². The van der Waals surface area contributed by atoms with Gasteiger partial charge in [0.05, 0.1) is 32.2 Å². The van der Waals surface area contributed by atoms with Crippen LogP contribution in [0.15, 0.2) is 24.3 Å². The zero-order chi connectivity index (χ0) is 18.0. The van der Waals surface area contributed by atoms with E-state index in [1.165, 1.54) is 21.6 Å². The largest absolute Gasteiger partial charge is 0.333 e. The molecule has 1 aromatic carbocycles. The Morgan fingerprint density at radius 1 is 1.12 bits per heavy atom. The minimum absolute atomic E-state index is 0.105. The van der Waals surface area contributed by atoms with E-state index in [9.17, 15) is 14.4 Å². The summed E-state index contributed by atoms with van der Waals surface area (Å²) in [6, 6.07) is 6.57. The smallest absolute Gasteiger partial charge is 0.292 e. The normalized spacial score (nSPS) is 27.3. The predicted octanol–water partition coefficient (Wildman–Crippen LogP) is -1.92. The average Bonchev–Trinajstić information content (AvgIpc) is 2.72. The maximum absolute atomic E-state index is 12.9. The molecular weight excluding hydrogens is 320 g/mol. The molecule has 0 aromatic heterocycles. The lowest BCUT2D eigenvalue weighted by molar-refractivity contribution is -0.939. The van der Waals surface area contributed by atoms with E-state index in [2.05, 4.69) is 12.4 Å². The van der Waals surface area contributed by atoms with Crippen molar-refractivity contribution in [3.05, 3.63) is 24.3 Å². The molecular formula is C18H26N4O3+2. The Morgan fingerprint density at radius 3 is 2.52 bits per heavy atom. The second-order valence-corrected chi connectivity index (χ2v) is 7.02. The number of benzene rings is 1. The standard InChI is InChI=1S/C18H24N4O3/c1-13(23)19-14-4-6-15(7-5-14)22-17(24)12-16(18(22)25)21-9-3-8-20(2)10-11-21/h4-7,16H,3,8-12H2,1-2H3,(H,19,23)/p+2/t16-/m1/s1. The number of likely N-dealkylation sites (N-methyl/N-ethyl adjacent to an activating group) is 1. The number of imide groups is 1. The number of carbonyl (C=O) groups excluding carboxylic acids is 3. The van der Waals surface area contributed by atoms with E-state index < -0.39 is 0 Å². The van der Waals surface area contributed by atoms with Gasteiger partial charge in [-0.2, -0.15) is 0 Å². The molecule has 0 saturated carbocycles. The summed E-state index contributed by atoms with van der Waals surface area (Å²) in [6.07, 6.45) is 1.35. The average molecular weight is 346 g/mol. The molecule has 3 atom stereocenters. The third-order valence-electron chi connectivity index (χ3n) is 5.06. The van der Waals surface area contributed by atoms with Crippen LogP contribution in [0.25, 0.3) is 0 Å². The van der Waals surface area contributed by atoms with Gasteiger partial charge in [-0.25, -0.2) is 4.90 Å².